The van der Waals surface area contributed by atoms with Gasteiger partial charge < -0.3 is 90.0 Å². The maximum atomic E-state index is 13.5. The van der Waals surface area contributed by atoms with Crippen LogP contribution in [0.1, 0.15) is 370 Å². The van der Waals surface area contributed by atoms with E-state index in [-0.39, 0.29) is 245 Å². The normalized spacial score (nSPS) is 10.6. The fourth-order valence-corrected chi connectivity index (χ4v) is 11.0. The molecule has 0 aliphatic carbocycles. The summed E-state index contributed by atoms with van der Waals surface area (Å²) < 4.78 is 139. The van der Waals surface area contributed by atoms with Crippen LogP contribution in [0.5, 0.6) is 46.0 Å². The number of carbonyl (C=O) groups is 9. The Morgan fingerprint density at radius 1 is 0.288 bits per heavy atom. The summed E-state index contributed by atoms with van der Waals surface area (Å²) in [6, 6.07) is 26.5. The maximum Gasteiger partial charge on any atom is 1.00 e. The summed E-state index contributed by atoms with van der Waals surface area (Å²) in [5.74, 6) is 1.32. The zero-order valence-electron chi connectivity index (χ0n) is 94.9. The predicted molar refractivity (Wildman–Crippen MR) is 564 cm³/mol. The van der Waals surface area contributed by atoms with E-state index in [0.29, 0.717) is 71.6 Å². The van der Waals surface area contributed by atoms with Crippen molar-refractivity contribution in [3.63, 3.8) is 0 Å². The monoisotopic (exact) mass is 2150 g/mol. The molecule has 0 bridgehead atoms. The number of esters is 9. The van der Waals surface area contributed by atoms with Gasteiger partial charge in [-0.2, -0.15) is 12.1 Å². The molecule has 0 aliphatic rings. The number of unbranched alkanes of at least 4 members (excludes halogenated alkanes) is 2. The second-order valence-corrected chi connectivity index (χ2v) is 38.8. The van der Waals surface area contributed by atoms with Crippen LogP contribution in [0.2, 0.25) is 10.0 Å². The molecule has 0 saturated carbocycles. The Bertz CT molecular complexity index is 4280. The summed E-state index contributed by atoms with van der Waals surface area (Å²) in [6.45, 7) is 75.1. The third-order valence-electron chi connectivity index (χ3n) is 15.4. The first kappa shape index (κ1) is 148. The summed E-state index contributed by atoms with van der Waals surface area (Å²) >= 11 is 12.0. The molecular weight excluding hydrogens is 1980 g/mol. The van der Waals surface area contributed by atoms with Gasteiger partial charge in [-0.05, 0) is 362 Å². The van der Waals surface area contributed by atoms with Crippen LogP contribution in [0.3, 0.4) is 0 Å². The quantitative estimate of drug-likeness (QED) is 0.0115. The average molecular weight is 2160 g/mol. The minimum atomic E-state index is -3.11. The van der Waals surface area contributed by atoms with Gasteiger partial charge in [-0.3, -0.25) is 28.8 Å². The van der Waals surface area contributed by atoms with E-state index in [9.17, 15) is 47.5 Å². The van der Waals surface area contributed by atoms with Gasteiger partial charge in [0.15, 0.2) is 17.3 Å². The van der Waals surface area contributed by atoms with Crippen molar-refractivity contribution in [3.8, 4) is 46.0 Å². The molecule has 0 radical (unpaired) electrons. The molecule has 5 aromatic rings. The number of benzene rings is 5. The summed E-state index contributed by atoms with van der Waals surface area (Å²) in [6.07, 6.45) is 5.38. The molecule has 0 heterocycles. The van der Waals surface area contributed by atoms with Gasteiger partial charge in [0, 0.05) is 50.7 Å². The van der Waals surface area contributed by atoms with Crippen molar-refractivity contribution in [2.75, 3.05) is 13.2 Å². The van der Waals surface area contributed by atoms with E-state index in [1.165, 1.54) is 24.3 Å². The van der Waals surface area contributed by atoms with Crippen molar-refractivity contribution < 1.29 is 202 Å². The third kappa shape index (κ3) is 90.5. The van der Waals surface area contributed by atoms with E-state index in [1.54, 1.807) is 127 Å². The molecule has 0 saturated heterocycles. The van der Waals surface area contributed by atoms with Gasteiger partial charge in [-0.1, -0.05) is 29.3 Å². The van der Waals surface area contributed by atoms with Crippen LogP contribution in [0, 0.1) is 18.8 Å². The van der Waals surface area contributed by atoms with Crippen LogP contribution in [0.25, 0.3) is 0 Å². The number of rotatable bonds is 47. The molecule has 0 atom stereocenters. The molecule has 5 aromatic carbocycles. The number of ether oxygens (including phenoxy) is 19. The second kappa shape index (κ2) is 86.1. The predicted octanol–water partition coefficient (Wildman–Crippen LogP) is 22.8. The average Bonchev–Trinajstić information content (AvgIpc) is 0.821. The summed E-state index contributed by atoms with van der Waals surface area (Å²) in [7, 11) is -3.11. The third-order valence-corrected chi connectivity index (χ3v) is 16.0. The summed E-state index contributed by atoms with van der Waals surface area (Å²) in [4.78, 5) is 103. The van der Waals surface area contributed by atoms with Crippen molar-refractivity contribution in [1.29, 1.82) is 0 Å². The van der Waals surface area contributed by atoms with Crippen molar-refractivity contribution >= 4 is 87.5 Å². The Labute approximate surface area is 926 Å². The van der Waals surface area contributed by atoms with E-state index in [0.717, 1.165) is 54.6 Å². The van der Waals surface area contributed by atoms with Gasteiger partial charge in [0.2, 0.25) is 0 Å². The maximum absolute atomic E-state index is 13.5. The number of hydrogen-bond acceptors (Lipinski definition) is 31. The van der Waals surface area contributed by atoms with Gasteiger partial charge in [0.05, 0.1) is 161 Å². The number of halogens is 3. The molecule has 146 heavy (non-hydrogen) atoms. The molecule has 0 aromatic heterocycles. The first-order valence-corrected chi connectivity index (χ1v) is 51.6. The molecule has 0 spiro atoms. The zero-order chi connectivity index (χ0) is 113. The molecule has 31 nitrogen and oxygen atoms in total. The first-order valence-electron chi connectivity index (χ1n) is 49.8. The fourth-order valence-electron chi connectivity index (χ4n) is 10.6. The zero-order valence-corrected chi connectivity index (χ0v) is 100. The van der Waals surface area contributed by atoms with E-state index in [1.807, 2.05) is 176 Å². The Kier molecular flexibility index (Phi) is 87.4. The minimum absolute atomic E-state index is 0. The van der Waals surface area contributed by atoms with Gasteiger partial charge in [0.25, 0.3) is 0 Å². The van der Waals surface area contributed by atoms with Crippen LogP contribution in [0.4, 0.5) is 4.39 Å². The molecule has 36 heteroatoms. The van der Waals surface area contributed by atoms with E-state index in [2.05, 4.69) is 33.8 Å². The second-order valence-electron chi connectivity index (χ2n) is 37.6. The summed E-state index contributed by atoms with van der Waals surface area (Å²) in [5.41, 5.74) is 1.40. The first-order chi connectivity index (χ1) is 67.2. The Morgan fingerprint density at radius 2 is 0.568 bits per heavy atom. The molecule has 0 aliphatic heterocycles. The Morgan fingerprint density at radius 3 is 0.863 bits per heavy atom. The number of hydrogen-bond donors (Lipinski definition) is 0. The standard InChI is InChI=1S/C18H24O6.C13H20O2.C12H16Cl2O2.C12H17FO2.C12H22O4.C12H17O2.C11H20O4.C10H18O4.C10H22O2.K.O3S/c1-10(2)22-16(19)13-7-14(17(20)23-11(3)4)9-15(8-13)18(21)24-12(5)6;1-9(2)14-12-6-7-13(11(5)8-12)15-10(3)4;1-7(2)15-11-6-12(16-8(3)4)10(14)5-9(11)13;1-8(2)14-11-7-5-6-10(13)12(11)15-9(3)4;1-9(2)15-11(13)7-5-6-8-12(14)16-10(3)4;1-9(2)13-11-7-5-6-8-12(11)14-10(3)4;1-8(2)14-10(12)6-5-7-11(13)15-9(3)4;1-7(2)13-9(11)5-6-10(12)14-8(3)4;1-9(2)11-7-5-6-8-12-10(3)4;;1-4(2)3/h7-12H,1-6H3;6-10H,1-5H3;5-8H,1-4H3;5-9H,1-4H3;9-10H,5-8H2,1-4H3;5,7-10H,1-4H3;8-9H,5-7H2,1-4H3;7-8H,5-6H2,1-4H3;9-10H,5-8H2,1-4H3;;/q;;;;;-1;;;;+1;. The Balaban J connectivity index is -0.000000378. The van der Waals surface area contributed by atoms with Crippen molar-refractivity contribution in [2.45, 2.75) is 457 Å². The van der Waals surface area contributed by atoms with Crippen LogP contribution in [-0.4, -0.2) is 196 Å². The number of carbonyl (C=O) groups excluding carboxylic acids is 9. The Hall–Kier alpha value is -8.58. The SMILES string of the molecule is CC(C)OC(=O)CCC(=O)OC(C)C.CC(C)OC(=O)CCCC(=O)OC(C)C.CC(C)OC(=O)CCCCC(=O)OC(C)C.CC(C)OC(=O)c1cc(C(=O)OC(C)C)cc(C(=O)OC(C)C)c1.CC(C)OCCCCOC(C)C.CC(C)Oc1c[c-]ccc1OC(C)C.CC(C)Oc1cc(OC(C)C)c(Cl)cc1Cl.CC(C)Oc1cccc(F)c1OC(C)C.Cc1cc(OC(C)C)ccc1OC(C)C.O=S(=O)=O.[K+]. The molecule has 0 unspecified atom stereocenters. The minimum Gasteiger partial charge on any atom is -0.545 e. The van der Waals surface area contributed by atoms with E-state index < -0.39 is 28.5 Å². The van der Waals surface area contributed by atoms with Crippen LogP contribution < -0.4 is 89.3 Å². The van der Waals surface area contributed by atoms with Crippen LogP contribution in [-0.2, 0) is 91.5 Å². The fraction of sp³-hybridized carbons (Fsp3) is 0.645. The summed E-state index contributed by atoms with van der Waals surface area (Å²) in [5, 5.41) is 0.990. The topological polar surface area (TPSA) is 380 Å². The molecule has 0 fully saturated rings. The molecule has 830 valence electrons. The van der Waals surface area contributed by atoms with Crippen LogP contribution in [0.15, 0.2) is 84.9 Å². The van der Waals surface area contributed by atoms with Crippen molar-refractivity contribution in [1.82, 2.24) is 0 Å². The van der Waals surface area contributed by atoms with Crippen molar-refractivity contribution in [3.05, 3.63) is 129 Å². The van der Waals surface area contributed by atoms with Gasteiger partial charge in [-0.15, -0.1) is 24.8 Å². The smallest absolute Gasteiger partial charge is 0.545 e. The molecular formula is C110H176Cl2FKO31S. The molecule has 0 N–H and O–H groups in total. The molecule has 5 rings (SSSR count). The van der Waals surface area contributed by atoms with Gasteiger partial charge >= 0.3 is 116 Å². The van der Waals surface area contributed by atoms with Gasteiger partial charge in [0.1, 0.15) is 23.0 Å². The van der Waals surface area contributed by atoms with Crippen LogP contribution >= 0.6 is 23.2 Å². The van der Waals surface area contributed by atoms with Gasteiger partial charge in [-0.25, -0.2) is 18.8 Å². The number of para-hydroxylation sites is 1. The van der Waals surface area contributed by atoms with E-state index in [4.69, 9.17) is 126 Å². The number of aryl methyl sites for hydroxylation is 1. The van der Waals surface area contributed by atoms with E-state index >= 15 is 0 Å². The largest absolute Gasteiger partial charge is 1.00 e. The molecule has 0 amide bonds. The van der Waals surface area contributed by atoms with Crippen molar-refractivity contribution in [2.24, 2.45) is 0 Å².